The molecule has 0 bridgehead atoms. The van der Waals surface area contributed by atoms with Crippen LogP contribution >= 0.6 is 0 Å². The van der Waals surface area contributed by atoms with Crippen LogP contribution in [0.5, 0.6) is 0 Å². The smallest absolute Gasteiger partial charge is 0.321 e. The second-order valence-electron chi connectivity index (χ2n) is 1.62. The standard InChI is InChI=1S/C4H8N2O3.Ag/c5-2(4(8)9)1-3(6)7;/h2H,1,5H2,(H2,6,7)(H,8,9);/t2-;/m0./s1. The van der Waals surface area contributed by atoms with Crippen LogP contribution in [-0.2, 0) is 32.0 Å². The Balaban J connectivity index is 0. The quantitative estimate of drug-likeness (QED) is 0.509. The van der Waals surface area contributed by atoms with E-state index in [4.69, 9.17) is 10.8 Å². The van der Waals surface area contributed by atoms with Gasteiger partial charge in [-0.15, -0.1) is 0 Å². The van der Waals surface area contributed by atoms with Gasteiger partial charge in [-0.25, -0.2) is 0 Å². The van der Waals surface area contributed by atoms with Gasteiger partial charge in [-0.1, -0.05) is 0 Å². The molecule has 0 spiro atoms. The number of carboxylic acids is 1. The summed E-state index contributed by atoms with van der Waals surface area (Å²) in [5.41, 5.74) is 9.57. The van der Waals surface area contributed by atoms with Crippen LogP contribution in [0.4, 0.5) is 0 Å². The van der Waals surface area contributed by atoms with Gasteiger partial charge in [0.1, 0.15) is 6.04 Å². The van der Waals surface area contributed by atoms with Gasteiger partial charge in [0.05, 0.1) is 6.42 Å². The fraction of sp³-hybridized carbons (Fsp3) is 0.500. The number of carbonyl (C=O) groups excluding carboxylic acids is 1. The maximum Gasteiger partial charge on any atom is 0.321 e. The number of amides is 1. The second kappa shape index (κ2) is 5.43. The van der Waals surface area contributed by atoms with Crippen LogP contribution in [0.15, 0.2) is 0 Å². The summed E-state index contributed by atoms with van der Waals surface area (Å²) in [6, 6.07) is -1.16. The Morgan fingerprint density at radius 2 is 1.90 bits per heavy atom. The number of aliphatic carboxylic acids is 1. The molecule has 10 heavy (non-hydrogen) atoms. The maximum atomic E-state index is 9.99. The van der Waals surface area contributed by atoms with Gasteiger partial charge in [-0.05, 0) is 0 Å². The van der Waals surface area contributed by atoms with Gasteiger partial charge in [0.2, 0.25) is 5.91 Å². The largest absolute Gasteiger partial charge is 0.480 e. The van der Waals surface area contributed by atoms with Gasteiger partial charge in [0, 0.05) is 22.4 Å². The number of nitrogens with two attached hydrogens (primary N) is 2. The van der Waals surface area contributed by atoms with Gasteiger partial charge in [0.15, 0.2) is 0 Å². The molecular formula is C4H8AgN2O3. The average Bonchev–Trinajstić information content (AvgIpc) is 1.63. The molecule has 0 aromatic heterocycles. The van der Waals surface area contributed by atoms with E-state index in [0.717, 1.165) is 0 Å². The number of primary amides is 1. The first-order chi connectivity index (χ1) is 4.04. The molecule has 1 atom stereocenters. The zero-order valence-corrected chi connectivity index (χ0v) is 6.49. The van der Waals surface area contributed by atoms with Crippen molar-refractivity contribution >= 4 is 11.9 Å². The van der Waals surface area contributed by atoms with Crippen LogP contribution in [0.2, 0.25) is 0 Å². The van der Waals surface area contributed by atoms with E-state index < -0.39 is 17.9 Å². The fourth-order valence-corrected chi connectivity index (χ4v) is 0.304. The summed E-state index contributed by atoms with van der Waals surface area (Å²) in [4.78, 5) is 19.9. The van der Waals surface area contributed by atoms with Crippen molar-refractivity contribution in [1.29, 1.82) is 0 Å². The molecule has 0 aromatic rings. The Labute approximate surface area is 73.3 Å². The van der Waals surface area contributed by atoms with Gasteiger partial charge in [-0.2, -0.15) is 0 Å². The summed E-state index contributed by atoms with van der Waals surface area (Å²) in [5, 5.41) is 8.10. The molecule has 0 aliphatic rings. The molecular weight excluding hydrogens is 232 g/mol. The third-order valence-electron chi connectivity index (χ3n) is 0.738. The SMILES string of the molecule is NC(=O)C[C@H](N)C(=O)O.[Ag]. The van der Waals surface area contributed by atoms with Gasteiger partial charge in [-0.3, -0.25) is 9.59 Å². The van der Waals surface area contributed by atoms with Crippen molar-refractivity contribution < 1.29 is 37.1 Å². The Morgan fingerprint density at radius 1 is 1.50 bits per heavy atom. The summed E-state index contributed by atoms with van der Waals surface area (Å²) in [5.74, 6) is -1.92. The van der Waals surface area contributed by atoms with Gasteiger partial charge >= 0.3 is 5.97 Å². The average molecular weight is 240 g/mol. The zero-order valence-electron chi connectivity index (χ0n) is 5.00. The van der Waals surface area contributed by atoms with Crippen molar-refractivity contribution in [2.24, 2.45) is 11.5 Å². The Hall–Kier alpha value is -0.360. The number of hydrogen-bond donors (Lipinski definition) is 3. The number of carbonyl (C=O) groups is 2. The number of carboxylic acid groups (broad SMARTS) is 1. The zero-order chi connectivity index (χ0) is 7.44. The van der Waals surface area contributed by atoms with E-state index in [-0.39, 0.29) is 28.8 Å². The summed E-state index contributed by atoms with van der Waals surface area (Å²) in [6.07, 6.45) is -0.310. The predicted octanol–water partition coefficient (Wildman–Crippen LogP) is -1.73. The van der Waals surface area contributed by atoms with Crippen molar-refractivity contribution in [2.75, 3.05) is 0 Å². The molecule has 0 aliphatic heterocycles. The number of rotatable bonds is 3. The first kappa shape index (κ1) is 12.3. The van der Waals surface area contributed by atoms with Gasteiger partial charge in [0.25, 0.3) is 0 Å². The van der Waals surface area contributed by atoms with Crippen LogP contribution < -0.4 is 11.5 Å². The third kappa shape index (κ3) is 5.77. The Morgan fingerprint density at radius 3 is 2.00 bits per heavy atom. The van der Waals surface area contributed by atoms with Crippen LogP contribution in [0.3, 0.4) is 0 Å². The summed E-state index contributed by atoms with van der Waals surface area (Å²) >= 11 is 0. The van der Waals surface area contributed by atoms with E-state index in [1.807, 2.05) is 0 Å². The molecule has 0 heterocycles. The Bertz CT molecular complexity index is 138. The van der Waals surface area contributed by atoms with Crippen molar-refractivity contribution in [3.05, 3.63) is 0 Å². The minimum absolute atomic E-state index is 0. The molecule has 0 fully saturated rings. The fourth-order valence-electron chi connectivity index (χ4n) is 0.304. The van der Waals surface area contributed by atoms with Crippen molar-refractivity contribution in [3.8, 4) is 0 Å². The molecule has 0 unspecified atom stereocenters. The van der Waals surface area contributed by atoms with Crippen LogP contribution in [0.25, 0.3) is 0 Å². The topological polar surface area (TPSA) is 106 Å². The molecule has 5 nitrogen and oxygen atoms in total. The molecule has 0 saturated heterocycles. The van der Waals surface area contributed by atoms with Gasteiger partial charge < -0.3 is 16.6 Å². The number of hydrogen-bond acceptors (Lipinski definition) is 3. The van der Waals surface area contributed by atoms with Crippen molar-refractivity contribution in [3.63, 3.8) is 0 Å². The monoisotopic (exact) mass is 239 g/mol. The normalized spacial score (nSPS) is 11.3. The molecule has 0 rings (SSSR count). The summed E-state index contributed by atoms with van der Waals surface area (Å²) in [6.45, 7) is 0. The summed E-state index contributed by atoms with van der Waals surface area (Å²) < 4.78 is 0. The van der Waals surface area contributed by atoms with Crippen LogP contribution in [-0.4, -0.2) is 23.0 Å². The first-order valence-electron chi connectivity index (χ1n) is 2.30. The third-order valence-corrected chi connectivity index (χ3v) is 0.738. The first-order valence-corrected chi connectivity index (χ1v) is 2.30. The van der Waals surface area contributed by atoms with Crippen LogP contribution in [0, 0.1) is 0 Å². The van der Waals surface area contributed by atoms with E-state index in [0.29, 0.717) is 0 Å². The molecule has 1 radical (unpaired) electrons. The second-order valence-corrected chi connectivity index (χ2v) is 1.62. The minimum Gasteiger partial charge on any atom is -0.480 e. The molecule has 0 aliphatic carbocycles. The molecule has 1 amide bonds. The predicted molar refractivity (Wildman–Crippen MR) is 29.4 cm³/mol. The van der Waals surface area contributed by atoms with E-state index in [1.54, 1.807) is 0 Å². The van der Waals surface area contributed by atoms with Crippen molar-refractivity contribution in [2.45, 2.75) is 12.5 Å². The van der Waals surface area contributed by atoms with E-state index in [2.05, 4.69) is 5.73 Å². The van der Waals surface area contributed by atoms with E-state index >= 15 is 0 Å². The molecule has 0 saturated carbocycles. The molecule has 63 valence electrons. The maximum absolute atomic E-state index is 9.99. The van der Waals surface area contributed by atoms with Crippen molar-refractivity contribution in [1.82, 2.24) is 0 Å². The summed E-state index contributed by atoms with van der Waals surface area (Å²) in [7, 11) is 0. The van der Waals surface area contributed by atoms with E-state index in [9.17, 15) is 9.59 Å². The molecule has 0 aromatic carbocycles. The molecule has 6 heteroatoms. The van der Waals surface area contributed by atoms with E-state index in [1.165, 1.54) is 0 Å². The molecule has 5 N–H and O–H groups in total. The van der Waals surface area contributed by atoms with Crippen LogP contribution in [0.1, 0.15) is 6.42 Å². The Kier molecular flexibility index (Phi) is 6.69. The minimum atomic E-state index is -1.21.